The molecule has 0 spiro atoms. The van der Waals surface area contributed by atoms with Gasteiger partial charge < -0.3 is 9.63 Å². The molecule has 0 fully saturated rings. The summed E-state index contributed by atoms with van der Waals surface area (Å²) >= 11 is 1.79. The number of fused-ring (bicyclic) bond motifs is 1. The summed E-state index contributed by atoms with van der Waals surface area (Å²) in [5, 5.41) is 12.4. The highest BCUT2D eigenvalue weighted by Gasteiger charge is 2.20. The molecule has 2 heterocycles. The van der Waals surface area contributed by atoms with Crippen molar-refractivity contribution >= 4 is 17.7 Å². The Morgan fingerprint density at radius 2 is 2.54 bits per heavy atom. The third-order valence-electron chi connectivity index (χ3n) is 2.00. The summed E-state index contributed by atoms with van der Waals surface area (Å²) in [5.74, 6) is 1.85. The maximum Gasteiger partial charge on any atom is 0.309 e. The second-order valence-corrected chi connectivity index (χ2v) is 4.01. The van der Waals surface area contributed by atoms with Gasteiger partial charge in [0, 0.05) is 5.56 Å². The molecule has 70 valence electrons. The third kappa shape index (κ3) is 1.70. The van der Waals surface area contributed by atoms with E-state index in [2.05, 4.69) is 5.16 Å². The van der Waals surface area contributed by atoms with Crippen molar-refractivity contribution in [2.45, 2.75) is 18.6 Å². The summed E-state index contributed by atoms with van der Waals surface area (Å²) in [6.07, 6.45) is 0.857. The molecular formula is C8H9NO3S. The second kappa shape index (κ2) is 3.41. The number of carbonyl (C=O) groups is 1. The van der Waals surface area contributed by atoms with Gasteiger partial charge in [0.15, 0.2) is 0 Å². The highest BCUT2D eigenvalue weighted by Crippen LogP contribution is 2.27. The minimum atomic E-state index is -0.852. The van der Waals surface area contributed by atoms with Crippen LogP contribution in [0.5, 0.6) is 0 Å². The van der Waals surface area contributed by atoms with Crippen LogP contribution in [0.3, 0.4) is 0 Å². The first kappa shape index (κ1) is 8.62. The van der Waals surface area contributed by atoms with E-state index < -0.39 is 5.97 Å². The Morgan fingerprint density at radius 1 is 1.69 bits per heavy atom. The van der Waals surface area contributed by atoms with Gasteiger partial charge in [0.2, 0.25) is 0 Å². The largest absolute Gasteiger partial charge is 0.481 e. The molecule has 2 rings (SSSR count). The maximum absolute atomic E-state index is 10.5. The van der Waals surface area contributed by atoms with Crippen LogP contribution in [0.4, 0.5) is 0 Å². The minimum Gasteiger partial charge on any atom is -0.481 e. The molecule has 0 aliphatic carbocycles. The number of thioether (sulfide) groups is 1. The first-order chi connectivity index (χ1) is 6.27. The van der Waals surface area contributed by atoms with Gasteiger partial charge in [0.25, 0.3) is 0 Å². The molecule has 13 heavy (non-hydrogen) atoms. The normalized spacial score (nSPS) is 15.4. The zero-order valence-electron chi connectivity index (χ0n) is 6.95. The number of carboxylic acids is 1. The van der Waals surface area contributed by atoms with Gasteiger partial charge in [-0.15, -0.1) is 0 Å². The van der Waals surface area contributed by atoms with Gasteiger partial charge in [0.1, 0.15) is 5.76 Å². The van der Waals surface area contributed by atoms with Crippen LogP contribution < -0.4 is 0 Å². The molecule has 5 heteroatoms. The lowest BCUT2D eigenvalue weighted by Crippen LogP contribution is -2.06. The lowest BCUT2D eigenvalue weighted by Gasteiger charge is -2.07. The number of carboxylic acid groups (broad SMARTS) is 1. The van der Waals surface area contributed by atoms with Crippen molar-refractivity contribution in [1.29, 1.82) is 0 Å². The number of nitrogens with zero attached hydrogens (tertiary/aromatic N) is 1. The Morgan fingerprint density at radius 3 is 3.31 bits per heavy atom. The summed E-state index contributed by atoms with van der Waals surface area (Å²) in [6.45, 7) is 0. The zero-order valence-corrected chi connectivity index (χ0v) is 7.76. The SMILES string of the molecule is O=C(O)Cc1noc2c1CCSC2. The Hall–Kier alpha value is -0.970. The molecule has 0 saturated carbocycles. The lowest BCUT2D eigenvalue weighted by atomic mass is 10.1. The van der Waals surface area contributed by atoms with E-state index >= 15 is 0 Å². The first-order valence-electron chi connectivity index (χ1n) is 4.03. The molecule has 1 N–H and O–H groups in total. The van der Waals surface area contributed by atoms with Gasteiger partial charge >= 0.3 is 5.97 Å². The average molecular weight is 199 g/mol. The van der Waals surface area contributed by atoms with Crippen LogP contribution in [0.15, 0.2) is 4.52 Å². The summed E-state index contributed by atoms with van der Waals surface area (Å²) in [4.78, 5) is 10.5. The van der Waals surface area contributed by atoms with Crippen LogP contribution in [-0.4, -0.2) is 22.0 Å². The van der Waals surface area contributed by atoms with E-state index in [-0.39, 0.29) is 6.42 Å². The highest BCUT2D eigenvalue weighted by atomic mass is 32.2. The molecule has 1 aromatic rings. The molecule has 0 bridgehead atoms. The Kier molecular flexibility index (Phi) is 2.26. The highest BCUT2D eigenvalue weighted by molar-refractivity contribution is 7.98. The Bertz CT molecular complexity index is 334. The molecule has 0 unspecified atom stereocenters. The van der Waals surface area contributed by atoms with Crippen molar-refractivity contribution in [3.05, 3.63) is 17.0 Å². The van der Waals surface area contributed by atoms with E-state index in [1.165, 1.54) is 0 Å². The van der Waals surface area contributed by atoms with Crippen LogP contribution in [0.25, 0.3) is 0 Å². The van der Waals surface area contributed by atoms with Crippen molar-refractivity contribution in [2.24, 2.45) is 0 Å². The fraction of sp³-hybridized carbons (Fsp3) is 0.500. The number of aliphatic carboxylic acids is 1. The molecule has 1 aliphatic heterocycles. The van der Waals surface area contributed by atoms with Crippen LogP contribution in [0.2, 0.25) is 0 Å². The van der Waals surface area contributed by atoms with Crippen molar-refractivity contribution < 1.29 is 14.4 Å². The monoisotopic (exact) mass is 199 g/mol. The van der Waals surface area contributed by atoms with Crippen LogP contribution in [0, 0.1) is 0 Å². The molecule has 0 radical (unpaired) electrons. The molecular weight excluding hydrogens is 190 g/mol. The van der Waals surface area contributed by atoms with Crippen molar-refractivity contribution in [3.63, 3.8) is 0 Å². The molecule has 0 aromatic carbocycles. The summed E-state index contributed by atoms with van der Waals surface area (Å²) in [6, 6.07) is 0. The predicted octanol–water partition coefficient (Wildman–Crippen LogP) is 1.09. The zero-order chi connectivity index (χ0) is 9.26. The molecule has 1 aromatic heterocycles. The van der Waals surface area contributed by atoms with E-state index in [0.29, 0.717) is 5.69 Å². The molecule has 0 atom stereocenters. The summed E-state index contributed by atoms with van der Waals surface area (Å²) in [5.41, 5.74) is 1.61. The molecule has 1 aliphatic rings. The van der Waals surface area contributed by atoms with Gasteiger partial charge in [-0.3, -0.25) is 4.79 Å². The van der Waals surface area contributed by atoms with Gasteiger partial charge in [-0.2, -0.15) is 11.8 Å². The molecule has 0 saturated heterocycles. The molecule has 4 nitrogen and oxygen atoms in total. The topological polar surface area (TPSA) is 63.3 Å². The van der Waals surface area contributed by atoms with Crippen LogP contribution in [0.1, 0.15) is 17.0 Å². The summed E-state index contributed by atoms with van der Waals surface area (Å²) < 4.78 is 5.05. The van der Waals surface area contributed by atoms with Crippen LogP contribution >= 0.6 is 11.8 Å². The Labute approximate surface area is 79.3 Å². The molecule has 0 amide bonds. The van der Waals surface area contributed by atoms with Gasteiger partial charge in [-0.1, -0.05) is 5.16 Å². The van der Waals surface area contributed by atoms with Gasteiger partial charge in [-0.25, -0.2) is 0 Å². The fourth-order valence-electron chi connectivity index (χ4n) is 1.40. The van der Waals surface area contributed by atoms with Crippen molar-refractivity contribution in [1.82, 2.24) is 5.16 Å². The predicted molar refractivity (Wildman–Crippen MR) is 47.7 cm³/mol. The standard InChI is InChI=1S/C8H9NO3S/c10-8(11)3-6-5-1-2-13-4-7(5)12-9-6/h1-4H2,(H,10,11). The van der Waals surface area contributed by atoms with E-state index in [4.69, 9.17) is 9.63 Å². The third-order valence-corrected chi connectivity index (χ3v) is 2.96. The first-order valence-corrected chi connectivity index (χ1v) is 5.18. The van der Waals surface area contributed by atoms with E-state index in [9.17, 15) is 4.79 Å². The second-order valence-electron chi connectivity index (χ2n) is 2.90. The van der Waals surface area contributed by atoms with E-state index in [0.717, 1.165) is 29.3 Å². The van der Waals surface area contributed by atoms with Gasteiger partial charge in [0.05, 0.1) is 17.9 Å². The number of rotatable bonds is 2. The smallest absolute Gasteiger partial charge is 0.309 e. The lowest BCUT2D eigenvalue weighted by molar-refractivity contribution is -0.136. The van der Waals surface area contributed by atoms with E-state index in [1.807, 2.05) is 0 Å². The van der Waals surface area contributed by atoms with Crippen molar-refractivity contribution in [3.8, 4) is 0 Å². The van der Waals surface area contributed by atoms with Crippen molar-refractivity contribution in [2.75, 3.05) is 5.75 Å². The quantitative estimate of drug-likeness (QED) is 0.772. The van der Waals surface area contributed by atoms with Crippen LogP contribution in [-0.2, 0) is 23.4 Å². The number of aromatic nitrogens is 1. The number of hydrogen-bond acceptors (Lipinski definition) is 4. The minimum absolute atomic E-state index is 0.0243. The fourth-order valence-corrected chi connectivity index (χ4v) is 2.30. The van der Waals surface area contributed by atoms with E-state index in [1.54, 1.807) is 11.8 Å². The average Bonchev–Trinajstić information content (AvgIpc) is 2.48. The van der Waals surface area contributed by atoms with Gasteiger partial charge in [-0.05, 0) is 12.2 Å². The number of hydrogen-bond donors (Lipinski definition) is 1. The Balaban J connectivity index is 2.26. The summed E-state index contributed by atoms with van der Waals surface area (Å²) in [7, 11) is 0. The maximum atomic E-state index is 10.5.